The van der Waals surface area contributed by atoms with Gasteiger partial charge in [0.2, 0.25) is 16.8 Å². The Morgan fingerprint density at radius 2 is 1.91 bits per heavy atom. The van der Waals surface area contributed by atoms with Crippen LogP contribution in [0.15, 0.2) is 47.4 Å². The van der Waals surface area contributed by atoms with Crippen LogP contribution in [0.25, 0.3) is 0 Å². The molecule has 2 N–H and O–H groups in total. The van der Waals surface area contributed by atoms with Crippen LogP contribution in [0, 0.1) is 0 Å². The molecule has 3 rings (SSSR count). The van der Waals surface area contributed by atoms with E-state index in [2.05, 4.69) is 10.0 Å². The van der Waals surface area contributed by atoms with E-state index in [0.717, 1.165) is 22.6 Å². The van der Waals surface area contributed by atoms with Gasteiger partial charge in [0.05, 0.1) is 4.90 Å². The summed E-state index contributed by atoms with van der Waals surface area (Å²) in [7, 11) is -2.02. The van der Waals surface area contributed by atoms with Gasteiger partial charge in [0.15, 0.2) is 11.5 Å². The van der Waals surface area contributed by atoms with E-state index in [0.29, 0.717) is 13.1 Å². The Morgan fingerprint density at radius 1 is 1.09 bits per heavy atom. The third-order valence-corrected chi connectivity index (χ3v) is 5.01. The summed E-state index contributed by atoms with van der Waals surface area (Å²) in [5, 5.41) is 3.29. The number of sulfonamides is 1. The van der Waals surface area contributed by atoms with Gasteiger partial charge in [-0.1, -0.05) is 24.3 Å². The van der Waals surface area contributed by atoms with Crippen molar-refractivity contribution in [3.05, 3.63) is 53.6 Å². The molecule has 0 spiro atoms. The first kappa shape index (κ1) is 15.8. The Hall–Kier alpha value is -2.09. The molecule has 1 heterocycles. The van der Waals surface area contributed by atoms with Crippen molar-refractivity contribution in [3.63, 3.8) is 0 Å². The zero-order valence-corrected chi connectivity index (χ0v) is 13.5. The highest BCUT2D eigenvalue weighted by molar-refractivity contribution is 7.89. The Balaban J connectivity index is 1.66. The molecule has 2 aromatic carbocycles. The zero-order valence-electron chi connectivity index (χ0n) is 12.7. The van der Waals surface area contributed by atoms with E-state index in [1.54, 1.807) is 18.2 Å². The Bertz CT molecular complexity index is 805. The van der Waals surface area contributed by atoms with Crippen LogP contribution in [0.3, 0.4) is 0 Å². The highest BCUT2D eigenvalue weighted by Gasteiger charge is 2.16. The lowest BCUT2D eigenvalue weighted by molar-refractivity contribution is 0.173. The summed E-state index contributed by atoms with van der Waals surface area (Å²) in [5.74, 6) is 1.53. The van der Waals surface area contributed by atoms with Crippen LogP contribution in [-0.2, 0) is 23.1 Å². The van der Waals surface area contributed by atoms with E-state index in [4.69, 9.17) is 9.47 Å². The summed E-state index contributed by atoms with van der Waals surface area (Å²) in [6, 6.07) is 12.6. The van der Waals surface area contributed by atoms with Gasteiger partial charge in [-0.2, -0.15) is 0 Å². The maximum Gasteiger partial charge on any atom is 0.240 e. The van der Waals surface area contributed by atoms with Crippen molar-refractivity contribution in [1.29, 1.82) is 0 Å². The summed E-state index contributed by atoms with van der Waals surface area (Å²) in [5.41, 5.74) is 1.91. The van der Waals surface area contributed by atoms with Gasteiger partial charge < -0.3 is 14.8 Å². The number of hydrogen-bond acceptors (Lipinski definition) is 5. The van der Waals surface area contributed by atoms with Gasteiger partial charge in [0.25, 0.3) is 0 Å². The van der Waals surface area contributed by atoms with Gasteiger partial charge in [-0.15, -0.1) is 0 Å². The molecule has 0 fully saturated rings. The molecule has 0 aromatic heterocycles. The molecule has 0 atom stereocenters. The topological polar surface area (TPSA) is 76.7 Å². The largest absolute Gasteiger partial charge is 0.454 e. The lowest BCUT2D eigenvalue weighted by atomic mass is 10.1. The number of rotatable bonds is 6. The average molecular weight is 334 g/mol. The van der Waals surface area contributed by atoms with Gasteiger partial charge in [-0.25, -0.2) is 13.1 Å². The van der Waals surface area contributed by atoms with Crippen LogP contribution >= 0.6 is 0 Å². The van der Waals surface area contributed by atoms with E-state index < -0.39 is 10.0 Å². The minimum atomic E-state index is -3.42. The molecule has 0 bridgehead atoms. The highest BCUT2D eigenvalue weighted by atomic mass is 32.2. The van der Waals surface area contributed by atoms with Crippen LogP contribution in [-0.4, -0.2) is 22.3 Å². The van der Waals surface area contributed by atoms with Crippen molar-refractivity contribution in [2.24, 2.45) is 0 Å². The number of fused-ring (bicyclic) bond motifs is 1. The number of para-hydroxylation sites is 1. The molecule has 0 unspecified atom stereocenters. The summed E-state index contributed by atoms with van der Waals surface area (Å²) in [4.78, 5) is 0.261. The van der Waals surface area contributed by atoms with E-state index in [9.17, 15) is 8.42 Å². The zero-order chi connectivity index (χ0) is 16.3. The molecule has 2 aromatic rings. The Kier molecular flexibility index (Phi) is 4.51. The van der Waals surface area contributed by atoms with E-state index in [1.165, 1.54) is 7.05 Å². The van der Waals surface area contributed by atoms with Gasteiger partial charge in [0.1, 0.15) is 0 Å². The van der Waals surface area contributed by atoms with Crippen molar-refractivity contribution < 1.29 is 17.9 Å². The summed E-state index contributed by atoms with van der Waals surface area (Å²) in [6.45, 7) is 1.41. The molecule has 6 nitrogen and oxygen atoms in total. The summed E-state index contributed by atoms with van der Waals surface area (Å²) in [6.07, 6.45) is 0. The normalized spacial score (nSPS) is 13.3. The molecule has 0 saturated heterocycles. The van der Waals surface area contributed by atoms with Crippen LogP contribution in [0.4, 0.5) is 0 Å². The molecule has 0 saturated carbocycles. The second kappa shape index (κ2) is 6.57. The maximum absolute atomic E-state index is 11.8. The number of nitrogens with one attached hydrogen (secondary N) is 2. The molecular weight excluding hydrogens is 316 g/mol. The number of hydrogen-bond donors (Lipinski definition) is 2. The predicted octanol–water partition coefficient (Wildman–Crippen LogP) is 1.61. The van der Waals surface area contributed by atoms with Crippen LogP contribution < -0.4 is 19.5 Å². The second-order valence-electron chi connectivity index (χ2n) is 5.11. The Labute approximate surface area is 135 Å². The van der Waals surface area contributed by atoms with Crippen LogP contribution in [0.2, 0.25) is 0 Å². The average Bonchev–Trinajstić information content (AvgIpc) is 3.05. The van der Waals surface area contributed by atoms with Crippen LogP contribution in [0.1, 0.15) is 11.1 Å². The third-order valence-electron chi connectivity index (χ3n) is 3.60. The van der Waals surface area contributed by atoms with Gasteiger partial charge in [0, 0.05) is 18.7 Å². The van der Waals surface area contributed by atoms with Crippen molar-refractivity contribution in [2.45, 2.75) is 18.0 Å². The van der Waals surface area contributed by atoms with Gasteiger partial charge in [-0.05, 0) is 30.8 Å². The second-order valence-corrected chi connectivity index (χ2v) is 7.00. The van der Waals surface area contributed by atoms with E-state index in [-0.39, 0.29) is 11.7 Å². The fourth-order valence-electron chi connectivity index (χ4n) is 2.41. The van der Waals surface area contributed by atoms with Crippen molar-refractivity contribution in [3.8, 4) is 11.5 Å². The fourth-order valence-corrected chi connectivity index (χ4v) is 3.21. The molecule has 1 aliphatic rings. The minimum Gasteiger partial charge on any atom is -0.454 e. The predicted molar refractivity (Wildman–Crippen MR) is 85.8 cm³/mol. The molecule has 7 heteroatoms. The van der Waals surface area contributed by atoms with E-state index in [1.807, 2.05) is 24.3 Å². The number of ether oxygens (including phenoxy) is 2. The molecule has 0 amide bonds. The molecule has 0 radical (unpaired) electrons. The molecular formula is C16H18N2O4S. The fraction of sp³-hybridized carbons (Fsp3) is 0.250. The van der Waals surface area contributed by atoms with Crippen molar-refractivity contribution in [1.82, 2.24) is 10.0 Å². The first-order valence-corrected chi connectivity index (χ1v) is 8.69. The van der Waals surface area contributed by atoms with Gasteiger partial charge >= 0.3 is 0 Å². The van der Waals surface area contributed by atoms with E-state index >= 15 is 0 Å². The molecule has 122 valence electrons. The Morgan fingerprint density at radius 3 is 2.74 bits per heavy atom. The standard InChI is InChI=1S/C16H18N2O4S/c1-17-23(19,20)14-6-2-4-12(8-14)9-18-10-13-5-3-7-15-16(13)22-11-21-15/h2-8,17-18H,9-11H2,1H3. The molecule has 1 aliphatic heterocycles. The summed E-state index contributed by atoms with van der Waals surface area (Å²) >= 11 is 0. The van der Waals surface area contributed by atoms with Crippen molar-refractivity contribution >= 4 is 10.0 Å². The first-order valence-electron chi connectivity index (χ1n) is 7.21. The SMILES string of the molecule is CNS(=O)(=O)c1cccc(CNCc2cccc3c2OCO3)c1. The van der Waals surface area contributed by atoms with Crippen LogP contribution in [0.5, 0.6) is 11.5 Å². The maximum atomic E-state index is 11.8. The number of benzene rings is 2. The third kappa shape index (κ3) is 3.47. The van der Waals surface area contributed by atoms with Gasteiger partial charge in [-0.3, -0.25) is 0 Å². The smallest absolute Gasteiger partial charge is 0.240 e. The quantitative estimate of drug-likeness (QED) is 0.839. The monoisotopic (exact) mass is 334 g/mol. The summed E-state index contributed by atoms with van der Waals surface area (Å²) < 4.78 is 36.8. The highest BCUT2D eigenvalue weighted by Crippen LogP contribution is 2.35. The van der Waals surface area contributed by atoms with Crippen molar-refractivity contribution in [2.75, 3.05) is 13.8 Å². The lowest BCUT2D eigenvalue weighted by Crippen LogP contribution is -2.19. The minimum absolute atomic E-state index is 0.246. The molecule has 23 heavy (non-hydrogen) atoms. The molecule has 0 aliphatic carbocycles. The first-order chi connectivity index (χ1) is 11.1. The lowest BCUT2D eigenvalue weighted by Gasteiger charge is -2.09.